The molecule has 0 aromatic rings. The van der Waals surface area contributed by atoms with E-state index in [4.69, 9.17) is 4.74 Å². The number of carboxylic acids is 1. The molecule has 2 N–H and O–H groups in total. The van der Waals surface area contributed by atoms with E-state index in [0.29, 0.717) is 5.57 Å². The number of carboxylic acid groups (broad SMARTS) is 1. The minimum atomic E-state index is -3.94. The van der Waals surface area contributed by atoms with Crippen molar-refractivity contribution in [1.29, 1.82) is 0 Å². The van der Waals surface area contributed by atoms with E-state index in [-0.39, 0.29) is 18.1 Å². The third-order valence-electron chi connectivity index (χ3n) is 3.92. The van der Waals surface area contributed by atoms with Gasteiger partial charge < -0.3 is 20.0 Å². The van der Waals surface area contributed by atoms with E-state index in [1.807, 2.05) is 0 Å². The van der Waals surface area contributed by atoms with E-state index in [2.05, 4.69) is 19.5 Å². The number of nitrogens with zero attached hydrogens (tertiary/aromatic N) is 2. The minimum absolute atomic E-state index is 0.0294. The lowest BCUT2D eigenvalue weighted by Gasteiger charge is -2.49. The van der Waals surface area contributed by atoms with Crippen molar-refractivity contribution in [1.82, 2.24) is 10.2 Å². The summed E-state index contributed by atoms with van der Waals surface area (Å²) in [6.45, 7) is -0.953. The van der Waals surface area contributed by atoms with Gasteiger partial charge in [0.25, 0.3) is 21.9 Å². The number of ether oxygens (including phenoxy) is 1. The summed E-state index contributed by atoms with van der Waals surface area (Å²) in [7, 11) is -1.49. The Kier molecular flexibility index (Phi) is 7.57. The predicted molar refractivity (Wildman–Crippen MR) is 102 cm³/mol. The summed E-state index contributed by atoms with van der Waals surface area (Å²) in [4.78, 5) is 54.1. The largest absolute Gasteiger partial charge is 0.477 e. The van der Waals surface area contributed by atoms with Gasteiger partial charge in [-0.15, -0.1) is 11.8 Å². The molecule has 2 aliphatic rings. The standard InChI is InChI=1S/C15H19N3O10S2/c1-26-4-7-6-29-14-10(13(21)18(14)11(7)15(22)23)16-12(20)9(17-27-2)8(19)5-28-30(3,24)25/h10,14H,4-6H2,1-3H3,(H,16,20)(H,22,23)/b17-9+/t10?,14-/m1/s1. The highest BCUT2D eigenvalue weighted by molar-refractivity contribution is 8.00. The van der Waals surface area contributed by atoms with Crippen LogP contribution in [0.2, 0.25) is 0 Å². The number of hydrogen-bond acceptors (Lipinski definition) is 11. The second-order valence-electron chi connectivity index (χ2n) is 6.06. The van der Waals surface area contributed by atoms with Gasteiger partial charge in [-0.1, -0.05) is 5.16 Å². The zero-order valence-electron chi connectivity index (χ0n) is 16.1. The van der Waals surface area contributed by atoms with Crippen molar-refractivity contribution in [3.63, 3.8) is 0 Å². The Hall–Kier alpha value is -2.49. The number of Topliss-reactive ketones (excluding diaryl/α,β-unsaturated/α-hetero) is 1. The highest BCUT2D eigenvalue weighted by atomic mass is 32.2. The lowest BCUT2D eigenvalue weighted by Crippen LogP contribution is -2.71. The van der Waals surface area contributed by atoms with Crippen LogP contribution < -0.4 is 5.32 Å². The van der Waals surface area contributed by atoms with Crippen molar-refractivity contribution in [2.45, 2.75) is 11.4 Å². The van der Waals surface area contributed by atoms with Crippen LogP contribution in [0, 0.1) is 0 Å². The summed E-state index contributed by atoms with van der Waals surface area (Å²) in [5.41, 5.74) is -0.596. The maximum Gasteiger partial charge on any atom is 0.352 e. The molecule has 0 aromatic carbocycles. The van der Waals surface area contributed by atoms with E-state index in [9.17, 15) is 32.7 Å². The third-order valence-corrected chi connectivity index (χ3v) is 5.81. The van der Waals surface area contributed by atoms with Crippen molar-refractivity contribution in [3.8, 4) is 0 Å². The average Bonchev–Trinajstić information content (AvgIpc) is 2.67. The van der Waals surface area contributed by atoms with Crippen LogP contribution >= 0.6 is 11.8 Å². The zero-order valence-corrected chi connectivity index (χ0v) is 17.7. The molecule has 2 heterocycles. The number of carbonyl (C=O) groups is 4. The van der Waals surface area contributed by atoms with E-state index < -0.39 is 57.4 Å². The van der Waals surface area contributed by atoms with Crippen LogP contribution in [0.25, 0.3) is 0 Å². The van der Waals surface area contributed by atoms with Crippen molar-refractivity contribution >= 4 is 51.2 Å². The molecule has 1 unspecified atom stereocenters. The molecule has 0 spiro atoms. The smallest absolute Gasteiger partial charge is 0.352 e. The van der Waals surface area contributed by atoms with Crippen molar-refractivity contribution < 1.29 is 46.5 Å². The normalized spacial score (nSPS) is 21.6. The zero-order chi connectivity index (χ0) is 22.6. The molecule has 1 fully saturated rings. The Labute approximate surface area is 175 Å². The molecule has 2 amide bonds. The van der Waals surface area contributed by atoms with Crippen LogP contribution in [0.4, 0.5) is 0 Å². The molecular weight excluding hydrogens is 446 g/mol. The highest BCUT2D eigenvalue weighted by Crippen LogP contribution is 2.40. The quantitative estimate of drug-likeness (QED) is 0.119. The van der Waals surface area contributed by atoms with Crippen molar-refractivity contribution in [2.24, 2.45) is 5.16 Å². The lowest BCUT2D eigenvalue weighted by atomic mass is 10.0. The Morgan fingerprint density at radius 2 is 2.00 bits per heavy atom. The molecule has 0 bridgehead atoms. The summed E-state index contributed by atoms with van der Waals surface area (Å²) in [5.74, 6) is -3.92. The molecule has 0 aliphatic carbocycles. The summed E-state index contributed by atoms with van der Waals surface area (Å²) >= 11 is 1.21. The maximum atomic E-state index is 12.5. The van der Waals surface area contributed by atoms with Gasteiger partial charge in [0.2, 0.25) is 11.5 Å². The molecule has 2 atom stereocenters. The fourth-order valence-corrected chi connectivity index (χ4v) is 4.37. The first-order valence-electron chi connectivity index (χ1n) is 8.20. The minimum Gasteiger partial charge on any atom is -0.477 e. The highest BCUT2D eigenvalue weighted by Gasteiger charge is 2.54. The van der Waals surface area contributed by atoms with Crippen LogP contribution in [0.15, 0.2) is 16.4 Å². The number of thioether (sulfide) groups is 1. The molecule has 13 nitrogen and oxygen atoms in total. The molecule has 1 saturated heterocycles. The fraction of sp³-hybridized carbons (Fsp3) is 0.533. The van der Waals surface area contributed by atoms with E-state index in [0.717, 1.165) is 18.3 Å². The summed E-state index contributed by atoms with van der Waals surface area (Å²) < 4.78 is 31.3. The van der Waals surface area contributed by atoms with Crippen LogP contribution in [-0.2, 0) is 43.1 Å². The second kappa shape index (κ2) is 9.55. The average molecular weight is 465 g/mol. The number of fused-ring (bicyclic) bond motifs is 1. The Bertz CT molecular complexity index is 927. The SMILES string of the molecule is COCC1=C(C(=O)O)N2C(=O)C(NC(=O)/C(=N/OC)C(=O)COS(C)(=O)=O)[C@H]2SC1. The van der Waals surface area contributed by atoms with Crippen LogP contribution in [-0.4, -0.2) is 98.6 Å². The topological polar surface area (TPSA) is 178 Å². The van der Waals surface area contributed by atoms with Gasteiger partial charge in [-0.2, -0.15) is 8.42 Å². The third kappa shape index (κ3) is 5.16. The van der Waals surface area contributed by atoms with E-state index >= 15 is 0 Å². The first kappa shape index (κ1) is 23.8. The van der Waals surface area contributed by atoms with Gasteiger partial charge in [0.15, 0.2) is 0 Å². The van der Waals surface area contributed by atoms with Gasteiger partial charge in [-0.05, 0) is 5.57 Å². The van der Waals surface area contributed by atoms with Crippen LogP contribution in [0.5, 0.6) is 0 Å². The molecule has 2 rings (SSSR count). The fourth-order valence-electron chi connectivity index (χ4n) is 2.72. The van der Waals surface area contributed by atoms with Gasteiger partial charge in [0.05, 0.1) is 12.9 Å². The number of oxime groups is 1. The van der Waals surface area contributed by atoms with Crippen molar-refractivity contribution in [3.05, 3.63) is 11.3 Å². The van der Waals surface area contributed by atoms with Gasteiger partial charge in [-0.3, -0.25) is 23.5 Å². The van der Waals surface area contributed by atoms with Gasteiger partial charge in [-0.25, -0.2) is 4.79 Å². The molecule has 0 saturated carbocycles. The monoisotopic (exact) mass is 465 g/mol. The first-order valence-corrected chi connectivity index (χ1v) is 11.1. The van der Waals surface area contributed by atoms with E-state index in [1.165, 1.54) is 18.9 Å². The molecule has 2 aliphatic heterocycles. The summed E-state index contributed by atoms with van der Waals surface area (Å²) in [6.07, 6.45) is 0.723. The van der Waals surface area contributed by atoms with E-state index in [1.54, 1.807) is 0 Å². The number of amides is 2. The number of β-lactam (4-membered cyclic amide) rings is 1. The maximum absolute atomic E-state index is 12.5. The summed E-state index contributed by atoms with van der Waals surface area (Å²) in [5, 5.41) is 14.3. The number of hydrogen-bond donors (Lipinski definition) is 2. The number of ketones is 1. The Morgan fingerprint density at radius 1 is 1.33 bits per heavy atom. The van der Waals surface area contributed by atoms with Gasteiger partial charge >= 0.3 is 5.97 Å². The molecule has 15 heteroatoms. The number of aliphatic carboxylic acids is 1. The summed E-state index contributed by atoms with van der Waals surface area (Å²) in [6, 6.07) is -1.12. The molecule has 30 heavy (non-hydrogen) atoms. The number of carbonyl (C=O) groups excluding carboxylic acids is 3. The molecule has 0 aromatic heterocycles. The number of rotatable bonds is 10. The lowest BCUT2D eigenvalue weighted by molar-refractivity contribution is -0.150. The molecular formula is C15H19N3O10S2. The van der Waals surface area contributed by atoms with Gasteiger partial charge in [0.1, 0.15) is 30.8 Å². The Balaban J connectivity index is 2.14. The van der Waals surface area contributed by atoms with Crippen molar-refractivity contribution in [2.75, 3.05) is 39.4 Å². The second-order valence-corrected chi connectivity index (χ2v) is 8.81. The van der Waals surface area contributed by atoms with Crippen LogP contribution in [0.1, 0.15) is 0 Å². The first-order chi connectivity index (χ1) is 14.0. The molecule has 0 radical (unpaired) electrons. The van der Waals surface area contributed by atoms with Crippen LogP contribution in [0.3, 0.4) is 0 Å². The number of nitrogens with one attached hydrogen (secondary N) is 1. The Morgan fingerprint density at radius 3 is 2.53 bits per heavy atom. The number of methoxy groups -OCH3 is 1. The molecule has 166 valence electrons. The van der Waals surface area contributed by atoms with Gasteiger partial charge in [0, 0.05) is 12.9 Å². The predicted octanol–water partition coefficient (Wildman–Crippen LogP) is -2.08.